The largest absolute Gasteiger partial charge is 0.504 e. The van der Waals surface area contributed by atoms with Crippen LogP contribution < -0.4 is 0 Å². The van der Waals surface area contributed by atoms with Crippen LogP contribution >= 0.6 is 15.9 Å². The number of halogens is 1. The molecule has 17 heavy (non-hydrogen) atoms. The second kappa shape index (κ2) is 3.85. The van der Waals surface area contributed by atoms with Crippen LogP contribution in [0.5, 0.6) is 5.75 Å². The van der Waals surface area contributed by atoms with Gasteiger partial charge in [-0.25, -0.2) is 0 Å². The van der Waals surface area contributed by atoms with E-state index in [0.717, 1.165) is 10.0 Å². The third-order valence-electron chi connectivity index (χ3n) is 2.53. The molecule has 5 heteroatoms. The zero-order chi connectivity index (χ0) is 11.8. The van der Waals surface area contributed by atoms with Gasteiger partial charge in [-0.15, -0.1) is 10.2 Å². The first-order chi connectivity index (χ1) is 8.27. The zero-order valence-corrected chi connectivity index (χ0v) is 10.3. The van der Waals surface area contributed by atoms with Crippen LogP contribution in [-0.2, 0) is 0 Å². The highest BCUT2D eigenvalue weighted by molar-refractivity contribution is 9.10. The number of aromatic nitrogens is 3. The summed E-state index contributed by atoms with van der Waals surface area (Å²) in [5.74, 6) is 0.821. The van der Waals surface area contributed by atoms with E-state index in [0.29, 0.717) is 11.5 Å². The molecule has 0 saturated heterocycles. The molecule has 1 N–H and O–H groups in total. The Bertz CT molecular complexity index is 693. The van der Waals surface area contributed by atoms with E-state index in [1.54, 1.807) is 16.5 Å². The zero-order valence-electron chi connectivity index (χ0n) is 8.71. The molecule has 1 aromatic carbocycles. The maximum atomic E-state index is 9.67. The summed E-state index contributed by atoms with van der Waals surface area (Å²) in [5.41, 5.74) is 1.39. The average molecular weight is 290 g/mol. The maximum absolute atomic E-state index is 9.67. The minimum absolute atomic E-state index is 0.123. The van der Waals surface area contributed by atoms with Crippen molar-refractivity contribution >= 4 is 21.6 Å². The van der Waals surface area contributed by atoms with Gasteiger partial charge in [-0.1, -0.05) is 34.1 Å². The molecule has 2 aromatic heterocycles. The van der Waals surface area contributed by atoms with Gasteiger partial charge < -0.3 is 5.11 Å². The lowest BCUT2D eigenvalue weighted by Gasteiger charge is -2.02. The summed E-state index contributed by atoms with van der Waals surface area (Å²) < 4.78 is 2.70. The highest BCUT2D eigenvalue weighted by Gasteiger charge is 2.12. The fourth-order valence-corrected chi connectivity index (χ4v) is 2.19. The predicted octanol–water partition coefficient (Wildman–Crippen LogP) is 2.86. The topological polar surface area (TPSA) is 50.4 Å². The molecule has 84 valence electrons. The van der Waals surface area contributed by atoms with E-state index in [1.807, 2.05) is 30.5 Å². The van der Waals surface area contributed by atoms with Crippen molar-refractivity contribution in [3.63, 3.8) is 0 Å². The van der Waals surface area contributed by atoms with Gasteiger partial charge in [0.1, 0.15) is 0 Å². The van der Waals surface area contributed by atoms with Gasteiger partial charge in [0.05, 0.1) is 0 Å². The van der Waals surface area contributed by atoms with Crippen LogP contribution in [0.15, 0.2) is 47.1 Å². The van der Waals surface area contributed by atoms with E-state index in [-0.39, 0.29) is 5.75 Å². The first kappa shape index (κ1) is 10.3. The summed E-state index contributed by atoms with van der Waals surface area (Å²) >= 11 is 3.48. The molecular weight excluding hydrogens is 282 g/mol. The molecule has 3 rings (SSSR count). The van der Waals surface area contributed by atoms with Gasteiger partial charge in [0.25, 0.3) is 0 Å². The van der Waals surface area contributed by atoms with E-state index in [9.17, 15) is 5.11 Å². The standard InChI is InChI=1S/C12H8BrN3O/c13-9-5-2-1-4-8(9)11-14-15-12-10(17)6-3-7-16(11)12/h1-7,17H. The van der Waals surface area contributed by atoms with E-state index < -0.39 is 0 Å². The number of rotatable bonds is 1. The summed E-state index contributed by atoms with van der Waals surface area (Å²) in [4.78, 5) is 0. The fraction of sp³-hybridized carbons (Fsp3) is 0. The molecule has 0 fully saturated rings. The number of hydrogen-bond donors (Lipinski definition) is 1. The lowest BCUT2D eigenvalue weighted by molar-refractivity contribution is 0.477. The van der Waals surface area contributed by atoms with Crippen molar-refractivity contribution in [2.45, 2.75) is 0 Å². The molecule has 4 nitrogen and oxygen atoms in total. The summed E-state index contributed by atoms with van der Waals surface area (Å²) in [5, 5.41) is 17.8. The first-order valence-electron chi connectivity index (χ1n) is 5.05. The lowest BCUT2D eigenvalue weighted by atomic mass is 10.2. The van der Waals surface area contributed by atoms with Crippen molar-refractivity contribution in [3.8, 4) is 17.1 Å². The number of pyridine rings is 1. The molecule has 0 aliphatic carbocycles. The molecule has 2 heterocycles. The normalized spacial score (nSPS) is 10.9. The summed E-state index contributed by atoms with van der Waals surface area (Å²) in [6, 6.07) is 11.1. The highest BCUT2D eigenvalue weighted by Crippen LogP contribution is 2.28. The summed E-state index contributed by atoms with van der Waals surface area (Å²) in [7, 11) is 0. The minimum atomic E-state index is 0.123. The Kier molecular flexibility index (Phi) is 2.33. The van der Waals surface area contributed by atoms with E-state index in [2.05, 4.69) is 26.1 Å². The second-order valence-electron chi connectivity index (χ2n) is 3.59. The van der Waals surface area contributed by atoms with Gasteiger partial charge in [0.2, 0.25) is 5.65 Å². The number of nitrogens with zero attached hydrogens (tertiary/aromatic N) is 3. The van der Waals surface area contributed by atoms with Gasteiger partial charge in [-0.2, -0.15) is 0 Å². The maximum Gasteiger partial charge on any atom is 0.203 e. The summed E-state index contributed by atoms with van der Waals surface area (Å²) in [6.45, 7) is 0. The van der Waals surface area contributed by atoms with Crippen LogP contribution in [0.25, 0.3) is 17.0 Å². The highest BCUT2D eigenvalue weighted by atomic mass is 79.9. The van der Waals surface area contributed by atoms with Crippen LogP contribution in [-0.4, -0.2) is 19.7 Å². The van der Waals surface area contributed by atoms with E-state index in [4.69, 9.17) is 0 Å². The molecule has 0 spiro atoms. The van der Waals surface area contributed by atoms with Gasteiger partial charge in [-0.3, -0.25) is 4.40 Å². The molecule has 0 bridgehead atoms. The van der Waals surface area contributed by atoms with Gasteiger partial charge in [-0.05, 0) is 18.2 Å². The minimum Gasteiger partial charge on any atom is -0.504 e. The monoisotopic (exact) mass is 289 g/mol. The Morgan fingerprint density at radius 2 is 1.88 bits per heavy atom. The van der Waals surface area contributed by atoms with Crippen LogP contribution in [0.4, 0.5) is 0 Å². The molecule has 0 radical (unpaired) electrons. The Hall–Kier alpha value is -1.88. The molecule has 3 aromatic rings. The van der Waals surface area contributed by atoms with Gasteiger partial charge in [0.15, 0.2) is 11.6 Å². The van der Waals surface area contributed by atoms with Crippen molar-refractivity contribution in [3.05, 3.63) is 47.1 Å². The van der Waals surface area contributed by atoms with Crippen molar-refractivity contribution in [2.75, 3.05) is 0 Å². The molecule has 0 saturated carbocycles. The van der Waals surface area contributed by atoms with Crippen molar-refractivity contribution < 1.29 is 5.11 Å². The molecule has 0 amide bonds. The number of aromatic hydroxyl groups is 1. The third kappa shape index (κ3) is 1.59. The second-order valence-corrected chi connectivity index (χ2v) is 4.44. The molecule has 0 aliphatic heterocycles. The first-order valence-corrected chi connectivity index (χ1v) is 5.84. The van der Waals surface area contributed by atoms with Crippen LogP contribution in [0.1, 0.15) is 0 Å². The lowest BCUT2D eigenvalue weighted by Crippen LogP contribution is -1.89. The van der Waals surface area contributed by atoms with Crippen LogP contribution in [0.3, 0.4) is 0 Å². The Morgan fingerprint density at radius 3 is 2.71 bits per heavy atom. The van der Waals surface area contributed by atoms with E-state index in [1.165, 1.54) is 0 Å². The number of benzene rings is 1. The molecule has 0 atom stereocenters. The molecule has 0 aliphatic rings. The molecular formula is C12H8BrN3O. The fourth-order valence-electron chi connectivity index (χ4n) is 1.73. The predicted molar refractivity (Wildman–Crippen MR) is 67.8 cm³/mol. The van der Waals surface area contributed by atoms with Crippen molar-refractivity contribution in [2.24, 2.45) is 0 Å². The molecule has 0 unspecified atom stereocenters. The average Bonchev–Trinajstić information content (AvgIpc) is 2.75. The van der Waals surface area contributed by atoms with E-state index >= 15 is 0 Å². The van der Waals surface area contributed by atoms with Crippen LogP contribution in [0.2, 0.25) is 0 Å². The van der Waals surface area contributed by atoms with Crippen molar-refractivity contribution in [1.29, 1.82) is 0 Å². The Morgan fingerprint density at radius 1 is 1.06 bits per heavy atom. The van der Waals surface area contributed by atoms with Gasteiger partial charge >= 0.3 is 0 Å². The number of fused-ring (bicyclic) bond motifs is 1. The quantitative estimate of drug-likeness (QED) is 0.749. The van der Waals surface area contributed by atoms with Gasteiger partial charge in [0, 0.05) is 16.2 Å². The summed E-state index contributed by atoms with van der Waals surface area (Å²) in [6.07, 6.45) is 1.82. The SMILES string of the molecule is Oc1cccn2c(-c3ccccc3Br)nnc12. The Labute approximate surface area is 106 Å². The van der Waals surface area contributed by atoms with Crippen molar-refractivity contribution in [1.82, 2.24) is 14.6 Å². The Balaban J connectivity index is 2.33. The van der Waals surface area contributed by atoms with Crippen LogP contribution in [0, 0.1) is 0 Å². The third-order valence-corrected chi connectivity index (χ3v) is 3.22. The number of hydrogen-bond acceptors (Lipinski definition) is 3. The smallest absolute Gasteiger partial charge is 0.203 e.